The Bertz CT molecular complexity index is 665. The Kier molecular flexibility index (Phi) is 1.81. The molecule has 0 aromatic carbocycles. The summed E-state index contributed by atoms with van der Waals surface area (Å²) in [5, 5.41) is 0. The summed E-state index contributed by atoms with van der Waals surface area (Å²) >= 11 is 1.50. The number of nitrogens with zero attached hydrogens (tertiary/aromatic N) is 2. The van der Waals surface area contributed by atoms with Crippen molar-refractivity contribution in [3.63, 3.8) is 0 Å². The van der Waals surface area contributed by atoms with E-state index in [1.807, 2.05) is 13.8 Å². The minimum absolute atomic E-state index is 0.376. The molecule has 0 aliphatic heterocycles. The second kappa shape index (κ2) is 3.08. The summed E-state index contributed by atoms with van der Waals surface area (Å²) < 4.78 is 10.8. The van der Waals surface area contributed by atoms with Gasteiger partial charge in [-0.25, -0.2) is 4.98 Å². The van der Waals surface area contributed by atoms with Crippen molar-refractivity contribution in [3.05, 3.63) is 16.8 Å². The van der Waals surface area contributed by atoms with Crippen LogP contribution in [0.4, 0.5) is 5.69 Å². The highest BCUT2D eigenvalue weighted by molar-refractivity contribution is 7.19. The number of hydrogen-bond donors (Lipinski definition) is 1. The highest BCUT2D eigenvalue weighted by Crippen LogP contribution is 2.35. The minimum Gasteiger partial charge on any atom is -0.441 e. The summed E-state index contributed by atoms with van der Waals surface area (Å²) in [5.41, 5.74) is 7.91. The Morgan fingerprint density at radius 1 is 1.25 bits per heavy atom. The molecule has 0 radical (unpaired) electrons. The van der Waals surface area contributed by atoms with E-state index >= 15 is 0 Å². The first-order valence-electron chi connectivity index (χ1n) is 4.73. The van der Waals surface area contributed by atoms with Crippen molar-refractivity contribution in [2.75, 3.05) is 5.73 Å². The smallest absolute Gasteiger partial charge is 0.285 e. The SMILES string of the molecule is Cc1coc(-c2nc3sc(C)c(N)c3o2)n1. The fourth-order valence-corrected chi connectivity index (χ4v) is 2.31. The van der Waals surface area contributed by atoms with E-state index in [0.29, 0.717) is 23.1 Å². The monoisotopic (exact) mass is 235 g/mol. The molecule has 0 saturated heterocycles. The van der Waals surface area contributed by atoms with E-state index in [9.17, 15) is 0 Å². The van der Waals surface area contributed by atoms with Crippen LogP contribution < -0.4 is 5.73 Å². The van der Waals surface area contributed by atoms with Gasteiger partial charge in [0.15, 0.2) is 10.4 Å². The Labute approximate surface area is 94.9 Å². The van der Waals surface area contributed by atoms with E-state index in [4.69, 9.17) is 14.6 Å². The molecule has 3 aromatic heterocycles. The van der Waals surface area contributed by atoms with Gasteiger partial charge in [0.2, 0.25) is 0 Å². The van der Waals surface area contributed by atoms with Gasteiger partial charge in [-0.3, -0.25) is 0 Å². The highest BCUT2D eigenvalue weighted by atomic mass is 32.1. The quantitative estimate of drug-likeness (QED) is 0.701. The van der Waals surface area contributed by atoms with E-state index in [1.54, 1.807) is 6.26 Å². The van der Waals surface area contributed by atoms with Crippen LogP contribution in [-0.2, 0) is 0 Å². The summed E-state index contributed by atoms with van der Waals surface area (Å²) in [7, 11) is 0. The third kappa shape index (κ3) is 1.23. The Morgan fingerprint density at radius 2 is 2.06 bits per heavy atom. The first-order chi connectivity index (χ1) is 7.65. The summed E-state index contributed by atoms with van der Waals surface area (Å²) in [5.74, 6) is 0.763. The van der Waals surface area contributed by atoms with Crippen LogP contribution in [0.3, 0.4) is 0 Å². The van der Waals surface area contributed by atoms with Crippen molar-refractivity contribution in [2.45, 2.75) is 13.8 Å². The van der Waals surface area contributed by atoms with Crippen molar-refractivity contribution in [2.24, 2.45) is 0 Å². The van der Waals surface area contributed by atoms with Gasteiger partial charge in [-0.1, -0.05) is 0 Å². The standard InChI is InChI=1S/C10H9N3O2S/c1-4-3-14-8(12-4)9-13-10-7(15-9)6(11)5(2)16-10/h3H,11H2,1-2H3. The molecule has 0 atom stereocenters. The molecule has 0 spiro atoms. The first-order valence-corrected chi connectivity index (χ1v) is 5.54. The predicted molar refractivity (Wildman–Crippen MR) is 61.3 cm³/mol. The number of nitrogens with two attached hydrogens (primary N) is 1. The maximum absolute atomic E-state index is 5.86. The zero-order valence-electron chi connectivity index (χ0n) is 8.77. The zero-order chi connectivity index (χ0) is 11.3. The largest absolute Gasteiger partial charge is 0.441 e. The van der Waals surface area contributed by atoms with Gasteiger partial charge in [0.1, 0.15) is 6.26 Å². The van der Waals surface area contributed by atoms with Crippen LogP contribution in [0, 0.1) is 13.8 Å². The molecular weight excluding hydrogens is 226 g/mol. The lowest BCUT2D eigenvalue weighted by molar-refractivity contribution is 0.526. The second-order valence-electron chi connectivity index (χ2n) is 3.52. The maximum atomic E-state index is 5.86. The molecule has 3 rings (SSSR count). The van der Waals surface area contributed by atoms with Crippen LogP contribution in [0.2, 0.25) is 0 Å². The molecule has 0 fully saturated rings. The number of hydrogen-bond acceptors (Lipinski definition) is 6. The lowest BCUT2D eigenvalue weighted by Crippen LogP contribution is -1.82. The van der Waals surface area contributed by atoms with E-state index in [2.05, 4.69) is 9.97 Å². The molecule has 0 aliphatic carbocycles. The molecule has 0 bridgehead atoms. The van der Waals surface area contributed by atoms with Gasteiger partial charge in [0, 0.05) is 4.88 Å². The molecule has 6 heteroatoms. The van der Waals surface area contributed by atoms with Gasteiger partial charge >= 0.3 is 0 Å². The third-order valence-corrected chi connectivity index (χ3v) is 3.27. The maximum Gasteiger partial charge on any atom is 0.285 e. The summed E-state index contributed by atoms with van der Waals surface area (Å²) in [6.45, 7) is 3.78. The number of aromatic nitrogens is 2. The topological polar surface area (TPSA) is 78.1 Å². The molecule has 2 N–H and O–H groups in total. The molecule has 0 unspecified atom stereocenters. The highest BCUT2D eigenvalue weighted by Gasteiger charge is 2.17. The van der Waals surface area contributed by atoms with Gasteiger partial charge in [0.25, 0.3) is 11.8 Å². The van der Waals surface area contributed by atoms with Crippen molar-refractivity contribution < 1.29 is 8.83 Å². The summed E-state index contributed by atoms with van der Waals surface area (Å²) in [4.78, 5) is 10.2. The summed E-state index contributed by atoms with van der Waals surface area (Å²) in [6.07, 6.45) is 1.56. The van der Waals surface area contributed by atoms with E-state index in [1.165, 1.54) is 11.3 Å². The van der Waals surface area contributed by atoms with Crippen molar-refractivity contribution in [3.8, 4) is 11.8 Å². The lowest BCUT2D eigenvalue weighted by atomic mass is 10.4. The lowest BCUT2D eigenvalue weighted by Gasteiger charge is -1.88. The molecule has 0 amide bonds. The van der Waals surface area contributed by atoms with Crippen LogP contribution >= 0.6 is 11.3 Å². The molecule has 0 saturated carbocycles. The molecule has 16 heavy (non-hydrogen) atoms. The van der Waals surface area contributed by atoms with Gasteiger partial charge in [-0.2, -0.15) is 4.98 Å². The van der Waals surface area contributed by atoms with E-state index in [-0.39, 0.29) is 0 Å². The predicted octanol–water partition coefficient (Wildman–Crippen LogP) is 2.74. The van der Waals surface area contributed by atoms with E-state index in [0.717, 1.165) is 15.4 Å². The van der Waals surface area contributed by atoms with Crippen LogP contribution in [-0.4, -0.2) is 9.97 Å². The van der Waals surface area contributed by atoms with Crippen LogP contribution in [0.1, 0.15) is 10.6 Å². The third-order valence-electron chi connectivity index (χ3n) is 2.27. The van der Waals surface area contributed by atoms with Crippen LogP contribution in [0.15, 0.2) is 15.1 Å². The normalized spacial score (nSPS) is 11.4. The average Bonchev–Trinajstić information content (AvgIpc) is 2.87. The zero-order valence-corrected chi connectivity index (χ0v) is 9.59. The fraction of sp³-hybridized carbons (Fsp3) is 0.200. The van der Waals surface area contributed by atoms with Gasteiger partial charge < -0.3 is 14.6 Å². The average molecular weight is 235 g/mol. The minimum atomic E-state index is 0.376. The van der Waals surface area contributed by atoms with Crippen molar-refractivity contribution in [1.29, 1.82) is 0 Å². The van der Waals surface area contributed by atoms with Gasteiger partial charge in [-0.15, -0.1) is 11.3 Å². The number of nitrogen functional groups attached to an aromatic ring is 1. The number of thiophene rings is 1. The van der Waals surface area contributed by atoms with Gasteiger partial charge in [-0.05, 0) is 13.8 Å². The van der Waals surface area contributed by atoms with E-state index < -0.39 is 0 Å². The molecule has 3 aromatic rings. The molecule has 82 valence electrons. The Hall–Kier alpha value is -1.82. The number of rotatable bonds is 1. The molecule has 3 heterocycles. The molecule has 0 aliphatic rings. The number of oxazole rings is 2. The fourth-order valence-electron chi connectivity index (χ4n) is 1.45. The van der Waals surface area contributed by atoms with Gasteiger partial charge in [0.05, 0.1) is 11.4 Å². The Balaban J connectivity index is 2.19. The molecule has 5 nitrogen and oxygen atoms in total. The molecular formula is C10H9N3O2S. The summed E-state index contributed by atoms with van der Waals surface area (Å²) in [6, 6.07) is 0. The second-order valence-corrected chi connectivity index (χ2v) is 4.72. The number of aryl methyl sites for hydroxylation is 2. The Morgan fingerprint density at radius 3 is 2.69 bits per heavy atom. The van der Waals surface area contributed by atoms with Crippen molar-refractivity contribution in [1.82, 2.24) is 9.97 Å². The van der Waals surface area contributed by atoms with Crippen LogP contribution in [0.25, 0.3) is 22.2 Å². The van der Waals surface area contributed by atoms with Crippen molar-refractivity contribution >= 4 is 27.4 Å². The number of fused-ring (bicyclic) bond motifs is 1. The van der Waals surface area contributed by atoms with Crippen LogP contribution in [0.5, 0.6) is 0 Å². The first kappa shape index (κ1) is 9.41. The number of anilines is 1.